The van der Waals surface area contributed by atoms with Gasteiger partial charge in [0.05, 0.1) is 13.2 Å². The summed E-state index contributed by atoms with van der Waals surface area (Å²) in [6.45, 7) is 15.2. The van der Waals surface area contributed by atoms with Gasteiger partial charge in [-0.1, -0.05) is 60.0 Å². The van der Waals surface area contributed by atoms with Crippen molar-refractivity contribution in [2.75, 3.05) is 7.11 Å². The van der Waals surface area contributed by atoms with Gasteiger partial charge in [-0.2, -0.15) is 0 Å². The van der Waals surface area contributed by atoms with Crippen molar-refractivity contribution in [2.45, 2.75) is 104 Å². The number of hydrogen-bond donors (Lipinski definition) is 0. The van der Waals surface area contributed by atoms with Crippen molar-refractivity contribution in [1.29, 1.82) is 0 Å². The van der Waals surface area contributed by atoms with Crippen LogP contribution in [-0.2, 0) is 18.8 Å². The van der Waals surface area contributed by atoms with Crippen LogP contribution in [-0.4, -0.2) is 33.3 Å². The summed E-state index contributed by atoms with van der Waals surface area (Å²) in [6, 6.07) is 3.32. The molecule has 0 saturated heterocycles. The second-order valence-electron chi connectivity index (χ2n) is 9.26. The van der Waals surface area contributed by atoms with Gasteiger partial charge in [-0.3, -0.25) is 9.59 Å². The lowest BCUT2D eigenvalue weighted by Crippen LogP contribution is -2.44. The van der Waals surface area contributed by atoms with E-state index >= 15 is 0 Å². The lowest BCUT2D eigenvalue weighted by atomic mass is 9.71. The van der Waals surface area contributed by atoms with Crippen LogP contribution < -0.4 is 0 Å². The van der Waals surface area contributed by atoms with E-state index in [1.54, 1.807) is 0 Å². The van der Waals surface area contributed by atoms with Gasteiger partial charge >= 0.3 is 5.97 Å². The highest BCUT2D eigenvalue weighted by molar-refractivity contribution is 6.73. The normalized spacial score (nSPS) is 22.7. The highest BCUT2D eigenvalue weighted by Gasteiger charge is 2.50. The number of methoxy groups -OCH3 is 1. The van der Waals surface area contributed by atoms with E-state index in [1.165, 1.54) is 7.11 Å². The Bertz CT molecular complexity index is 531. The molecule has 0 spiro atoms. The molecule has 4 nitrogen and oxygen atoms in total. The minimum atomic E-state index is -1.77. The molecule has 0 heterocycles. The average Bonchev–Trinajstić information content (AvgIpc) is 3.03. The van der Waals surface area contributed by atoms with Gasteiger partial charge in [-0.05, 0) is 36.4 Å². The molecule has 0 aliphatic heterocycles. The average molecular weight is 425 g/mol. The van der Waals surface area contributed by atoms with E-state index in [1.807, 2.05) is 6.08 Å². The molecule has 0 N–H and O–H groups in total. The fraction of sp³-hybridized carbons (Fsp3) is 0.833. The number of carbonyl (C=O) groups excluding carboxylic acids is 2. The molecule has 5 heteroatoms. The van der Waals surface area contributed by atoms with Gasteiger partial charge in [-0.15, -0.1) is 6.58 Å². The fourth-order valence-electron chi connectivity index (χ4n) is 4.94. The molecular weight excluding hydrogens is 380 g/mol. The zero-order chi connectivity index (χ0) is 22.1. The van der Waals surface area contributed by atoms with E-state index < -0.39 is 8.32 Å². The zero-order valence-electron chi connectivity index (χ0n) is 19.7. The Hall–Kier alpha value is -0.943. The summed E-state index contributed by atoms with van der Waals surface area (Å²) >= 11 is 0. The Morgan fingerprint density at radius 2 is 1.72 bits per heavy atom. The molecule has 1 fully saturated rings. The summed E-state index contributed by atoms with van der Waals surface area (Å²) < 4.78 is 11.5. The Labute approximate surface area is 179 Å². The Kier molecular flexibility index (Phi) is 10.8. The molecule has 3 atom stereocenters. The van der Waals surface area contributed by atoms with E-state index in [4.69, 9.17) is 9.16 Å². The highest BCUT2D eigenvalue weighted by Crippen LogP contribution is 2.47. The van der Waals surface area contributed by atoms with Crippen molar-refractivity contribution in [3.8, 4) is 0 Å². The number of hydrogen-bond acceptors (Lipinski definition) is 4. The van der Waals surface area contributed by atoms with Gasteiger partial charge in [0.1, 0.15) is 5.78 Å². The zero-order valence-corrected chi connectivity index (χ0v) is 20.7. The molecule has 1 aliphatic rings. The maximum atomic E-state index is 13.0. The number of ether oxygens (including phenoxy) is 1. The van der Waals surface area contributed by atoms with Gasteiger partial charge in [0.25, 0.3) is 0 Å². The van der Waals surface area contributed by atoms with Crippen molar-refractivity contribution < 1.29 is 18.8 Å². The number of ketones is 1. The van der Waals surface area contributed by atoms with Crippen LogP contribution in [0.4, 0.5) is 0 Å². The van der Waals surface area contributed by atoms with Gasteiger partial charge in [-0.25, -0.2) is 0 Å². The quantitative estimate of drug-likeness (QED) is 0.142. The number of rotatable bonds is 14. The second kappa shape index (κ2) is 12.0. The minimum Gasteiger partial charge on any atom is -0.469 e. The first-order chi connectivity index (χ1) is 13.7. The fourth-order valence-corrected chi connectivity index (χ4v) is 7.81. The molecule has 168 valence electrons. The van der Waals surface area contributed by atoms with Crippen LogP contribution in [0.1, 0.15) is 79.6 Å². The molecule has 1 rings (SSSR count). The van der Waals surface area contributed by atoms with Crippen LogP contribution in [0.3, 0.4) is 0 Å². The summed E-state index contributed by atoms with van der Waals surface area (Å²) in [6.07, 6.45) is 7.94. The van der Waals surface area contributed by atoms with Crippen LogP contribution in [0.25, 0.3) is 0 Å². The summed E-state index contributed by atoms with van der Waals surface area (Å²) in [5.74, 6) is 0.500. The second-order valence-corrected chi connectivity index (χ2v) is 14.0. The topological polar surface area (TPSA) is 52.6 Å². The maximum Gasteiger partial charge on any atom is 0.305 e. The van der Waals surface area contributed by atoms with E-state index in [9.17, 15) is 9.59 Å². The predicted molar refractivity (Wildman–Crippen MR) is 122 cm³/mol. The first kappa shape index (κ1) is 26.1. The monoisotopic (exact) mass is 424 g/mol. The molecule has 1 aliphatic carbocycles. The van der Waals surface area contributed by atoms with Crippen LogP contribution in [0, 0.1) is 17.3 Å². The molecule has 1 saturated carbocycles. The Morgan fingerprint density at radius 1 is 1.14 bits per heavy atom. The SMILES string of the molecule is C=CC(C)(C)[C@H]1C(CCCCCCC(=O)OC)C(=O)C[C@@H]1O[Si](CC)(CC)CC. The lowest BCUT2D eigenvalue weighted by molar-refractivity contribution is -0.140. The first-order valence-corrected chi connectivity index (χ1v) is 14.1. The van der Waals surface area contributed by atoms with Gasteiger partial charge in [0.2, 0.25) is 0 Å². The molecule has 0 aromatic heterocycles. The predicted octanol–water partition coefficient (Wildman–Crippen LogP) is 6.31. The third-order valence-corrected chi connectivity index (χ3v) is 11.9. The summed E-state index contributed by atoms with van der Waals surface area (Å²) in [7, 11) is -0.337. The van der Waals surface area contributed by atoms with E-state index in [-0.39, 0.29) is 29.3 Å². The van der Waals surface area contributed by atoms with Crippen LogP contribution in [0.15, 0.2) is 12.7 Å². The summed E-state index contributed by atoms with van der Waals surface area (Å²) in [5, 5.41) is 0. The summed E-state index contributed by atoms with van der Waals surface area (Å²) in [5.41, 5.74) is -0.123. The third kappa shape index (κ3) is 7.06. The van der Waals surface area contributed by atoms with Gasteiger partial charge in [0, 0.05) is 24.7 Å². The molecule has 0 aromatic carbocycles. The molecule has 0 amide bonds. The highest BCUT2D eigenvalue weighted by atomic mass is 28.4. The summed E-state index contributed by atoms with van der Waals surface area (Å²) in [4.78, 5) is 24.2. The largest absolute Gasteiger partial charge is 0.469 e. The number of unbranched alkanes of at least 4 members (excludes halogenated alkanes) is 3. The van der Waals surface area contributed by atoms with Crippen LogP contribution in [0.2, 0.25) is 18.1 Å². The van der Waals surface area contributed by atoms with E-state index in [0.717, 1.165) is 50.2 Å². The molecule has 0 bridgehead atoms. The number of allylic oxidation sites excluding steroid dienone is 1. The van der Waals surface area contributed by atoms with Crippen molar-refractivity contribution >= 4 is 20.1 Å². The van der Waals surface area contributed by atoms with Gasteiger partial charge in [0.15, 0.2) is 8.32 Å². The van der Waals surface area contributed by atoms with E-state index in [0.29, 0.717) is 18.6 Å². The van der Waals surface area contributed by atoms with Crippen molar-refractivity contribution in [3.05, 3.63) is 12.7 Å². The van der Waals surface area contributed by atoms with Crippen LogP contribution >= 0.6 is 0 Å². The van der Waals surface area contributed by atoms with Crippen molar-refractivity contribution in [2.24, 2.45) is 17.3 Å². The molecule has 0 radical (unpaired) electrons. The number of carbonyl (C=O) groups is 2. The Morgan fingerprint density at radius 3 is 2.24 bits per heavy atom. The van der Waals surface area contributed by atoms with Crippen LogP contribution in [0.5, 0.6) is 0 Å². The molecule has 1 unspecified atom stereocenters. The van der Waals surface area contributed by atoms with E-state index in [2.05, 4.69) is 41.2 Å². The lowest BCUT2D eigenvalue weighted by Gasteiger charge is -2.40. The minimum absolute atomic E-state index is 0.0336. The molecular formula is C24H44O4Si. The van der Waals surface area contributed by atoms with Gasteiger partial charge < -0.3 is 9.16 Å². The third-order valence-electron chi connectivity index (χ3n) is 7.24. The molecule has 29 heavy (non-hydrogen) atoms. The molecule has 0 aromatic rings. The maximum absolute atomic E-state index is 13.0. The first-order valence-electron chi connectivity index (χ1n) is 11.6. The van der Waals surface area contributed by atoms with Crippen molar-refractivity contribution in [1.82, 2.24) is 0 Å². The number of esters is 1. The Balaban J connectivity index is 2.79. The smallest absolute Gasteiger partial charge is 0.305 e. The number of Topliss-reactive ketones (excluding diaryl/α,β-unsaturated/α-hetero) is 1. The van der Waals surface area contributed by atoms with Crippen molar-refractivity contribution in [3.63, 3.8) is 0 Å². The standard InChI is InChI=1S/C24H44O4Si/c1-8-24(5,6)23-19(16-14-12-13-15-17-22(26)27-7)20(25)18-21(23)28-29(9-2,10-3)11-4/h8,19,21,23H,1,9-18H2,2-7H3/t19?,21-,23-/m0/s1.